The Morgan fingerprint density at radius 2 is 1.71 bits per heavy atom. The van der Waals surface area contributed by atoms with Crippen LogP contribution in [-0.4, -0.2) is 4.57 Å². The second-order valence-electron chi connectivity index (χ2n) is 5.02. The highest BCUT2D eigenvalue weighted by Crippen LogP contribution is 2.31. The van der Waals surface area contributed by atoms with Gasteiger partial charge in [0.25, 0.3) is 0 Å². The molecule has 0 aliphatic carbocycles. The molecule has 1 heterocycles. The summed E-state index contributed by atoms with van der Waals surface area (Å²) in [4.78, 5) is 0. The Kier molecular flexibility index (Phi) is 2.06. The summed E-state index contributed by atoms with van der Waals surface area (Å²) in [5.74, 6) is 0. The van der Waals surface area contributed by atoms with Gasteiger partial charge in [0.1, 0.15) is 0 Å². The maximum atomic E-state index is 2.29. The van der Waals surface area contributed by atoms with Crippen molar-refractivity contribution in [3.63, 3.8) is 0 Å². The average Bonchev–Trinajstić information content (AvgIpc) is 2.65. The van der Waals surface area contributed by atoms with Crippen LogP contribution in [0.5, 0.6) is 0 Å². The van der Waals surface area contributed by atoms with Crippen LogP contribution < -0.4 is 0 Å². The Balaban J connectivity index is 2.70. The molecule has 0 N–H and O–H groups in total. The standard InChI is InChI=1S/C16H17N/c1-10-7-11(2)14-5-6-15-16(14)13(8-10)9-12(3)17(15)4/h5-9H,1-4H3. The lowest BCUT2D eigenvalue weighted by molar-refractivity contribution is 0.905. The number of aromatic nitrogens is 1. The molecule has 2 aromatic carbocycles. The van der Waals surface area contributed by atoms with Crippen LogP contribution in [0.15, 0.2) is 30.3 Å². The molecule has 0 saturated carbocycles. The zero-order valence-electron chi connectivity index (χ0n) is 10.8. The number of hydrogen-bond donors (Lipinski definition) is 0. The number of hydrogen-bond acceptors (Lipinski definition) is 0. The van der Waals surface area contributed by atoms with Crippen LogP contribution in [0.25, 0.3) is 21.7 Å². The van der Waals surface area contributed by atoms with Gasteiger partial charge in [0.05, 0.1) is 0 Å². The molecule has 3 rings (SSSR count). The van der Waals surface area contributed by atoms with Crippen LogP contribution in [-0.2, 0) is 7.05 Å². The monoisotopic (exact) mass is 223 g/mol. The van der Waals surface area contributed by atoms with Crippen molar-refractivity contribution in [2.45, 2.75) is 20.8 Å². The lowest BCUT2D eigenvalue weighted by Gasteiger charge is -2.08. The van der Waals surface area contributed by atoms with E-state index in [1.807, 2.05) is 0 Å². The fourth-order valence-electron chi connectivity index (χ4n) is 2.78. The molecule has 0 aliphatic rings. The summed E-state index contributed by atoms with van der Waals surface area (Å²) >= 11 is 0. The van der Waals surface area contributed by atoms with Gasteiger partial charge >= 0.3 is 0 Å². The van der Waals surface area contributed by atoms with Crippen LogP contribution >= 0.6 is 0 Å². The Labute approximate surface area is 102 Å². The quantitative estimate of drug-likeness (QED) is 0.536. The molecule has 86 valence electrons. The highest BCUT2D eigenvalue weighted by molar-refractivity contribution is 6.11. The second kappa shape index (κ2) is 3.36. The molecule has 0 fully saturated rings. The molecule has 17 heavy (non-hydrogen) atoms. The van der Waals surface area contributed by atoms with E-state index in [2.05, 4.69) is 62.7 Å². The Hall–Kier alpha value is -1.76. The molecular weight excluding hydrogens is 206 g/mol. The largest absolute Gasteiger partial charge is 0.348 e. The van der Waals surface area contributed by atoms with E-state index in [1.54, 1.807) is 0 Å². The first kappa shape index (κ1) is 10.4. The first-order valence-electron chi connectivity index (χ1n) is 6.04. The van der Waals surface area contributed by atoms with Crippen molar-refractivity contribution in [2.75, 3.05) is 0 Å². The smallest absolute Gasteiger partial charge is 0.0491 e. The summed E-state index contributed by atoms with van der Waals surface area (Å²) in [6.45, 7) is 6.53. The molecule has 0 bridgehead atoms. The Morgan fingerprint density at radius 3 is 2.47 bits per heavy atom. The summed E-state index contributed by atoms with van der Waals surface area (Å²) in [5.41, 5.74) is 5.31. The van der Waals surface area contributed by atoms with Crippen LogP contribution in [0.4, 0.5) is 0 Å². The summed E-state index contributed by atoms with van der Waals surface area (Å²) in [5, 5.41) is 4.11. The molecule has 0 amide bonds. The minimum Gasteiger partial charge on any atom is -0.348 e. The molecule has 0 atom stereocenters. The molecule has 0 saturated heterocycles. The van der Waals surface area contributed by atoms with Gasteiger partial charge in [-0.05, 0) is 49.2 Å². The SMILES string of the molecule is Cc1cc(C)c2ccc3c2c(c1)cc(C)n3C. The highest BCUT2D eigenvalue weighted by Gasteiger charge is 2.08. The number of aryl methyl sites for hydroxylation is 4. The molecule has 1 heteroatoms. The fourth-order valence-corrected chi connectivity index (χ4v) is 2.78. The van der Waals surface area contributed by atoms with E-state index >= 15 is 0 Å². The summed E-state index contributed by atoms with van der Waals surface area (Å²) in [7, 11) is 2.14. The molecular formula is C16H17N. The zero-order chi connectivity index (χ0) is 12.2. The van der Waals surface area contributed by atoms with Gasteiger partial charge in [-0.15, -0.1) is 0 Å². The predicted octanol–water partition coefficient (Wildman–Crippen LogP) is 4.26. The maximum absolute atomic E-state index is 2.29. The maximum Gasteiger partial charge on any atom is 0.0491 e. The predicted molar refractivity (Wildman–Crippen MR) is 74.6 cm³/mol. The normalized spacial score (nSPS) is 11.5. The van der Waals surface area contributed by atoms with Crippen LogP contribution in [0.3, 0.4) is 0 Å². The van der Waals surface area contributed by atoms with E-state index in [9.17, 15) is 0 Å². The third-order valence-electron chi connectivity index (χ3n) is 3.73. The van der Waals surface area contributed by atoms with Crippen LogP contribution in [0.1, 0.15) is 16.8 Å². The van der Waals surface area contributed by atoms with E-state index in [4.69, 9.17) is 0 Å². The molecule has 0 aliphatic heterocycles. The van der Waals surface area contributed by atoms with Gasteiger partial charge in [0.15, 0.2) is 0 Å². The van der Waals surface area contributed by atoms with Gasteiger partial charge in [0, 0.05) is 23.6 Å². The van der Waals surface area contributed by atoms with Gasteiger partial charge < -0.3 is 4.57 Å². The molecule has 3 aromatic rings. The fraction of sp³-hybridized carbons (Fsp3) is 0.250. The first-order valence-corrected chi connectivity index (χ1v) is 6.04. The summed E-state index contributed by atoms with van der Waals surface area (Å²) in [6.07, 6.45) is 0. The minimum atomic E-state index is 1.30. The van der Waals surface area contributed by atoms with E-state index in [1.165, 1.54) is 38.5 Å². The molecule has 1 aromatic heterocycles. The average molecular weight is 223 g/mol. The van der Waals surface area contributed by atoms with Gasteiger partial charge in [-0.2, -0.15) is 0 Å². The molecule has 0 radical (unpaired) electrons. The van der Waals surface area contributed by atoms with Gasteiger partial charge in [0.2, 0.25) is 0 Å². The highest BCUT2D eigenvalue weighted by atomic mass is 14.9. The Morgan fingerprint density at radius 1 is 0.941 bits per heavy atom. The van der Waals surface area contributed by atoms with Crippen molar-refractivity contribution in [3.05, 3.63) is 47.2 Å². The summed E-state index contributed by atoms with van der Waals surface area (Å²) in [6, 6.07) is 11.3. The van der Waals surface area contributed by atoms with E-state index in [0.29, 0.717) is 0 Å². The van der Waals surface area contributed by atoms with Crippen molar-refractivity contribution in [3.8, 4) is 0 Å². The van der Waals surface area contributed by atoms with Gasteiger partial charge in [-0.3, -0.25) is 0 Å². The number of rotatable bonds is 0. The van der Waals surface area contributed by atoms with Crippen molar-refractivity contribution in [1.82, 2.24) is 4.57 Å². The van der Waals surface area contributed by atoms with E-state index in [-0.39, 0.29) is 0 Å². The lowest BCUT2D eigenvalue weighted by atomic mass is 10.1. The van der Waals surface area contributed by atoms with Crippen molar-refractivity contribution < 1.29 is 0 Å². The number of nitrogens with zero attached hydrogens (tertiary/aromatic N) is 1. The Bertz CT molecular complexity index is 732. The van der Waals surface area contributed by atoms with Crippen molar-refractivity contribution in [1.29, 1.82) is 0 Å². The zero-order valence-corrected chi connectivity index (χ0v) is 10.8. The van der Waals surface area contributed by atoms with Crippen LogP contribution in [0, 0.1) is 20.8 Å². The molecule has 0 spiro atoms. The van der Waals surface area contributed by atoms with E-state index < -0.39 is 0 Å². The summed E-state index contributed by atoms with van der Waals surface area (Å²) < 4.78 is 2.27. The topological polar surface area (TPSA) is 4.93 Å². The van der Waals surface area contributed by atoms with E-state index in [0.717, 1.165) is 0 Å². The van der Waals surface area contributed by atoms with Gasteiger partial charge in [-0.25, -0.2) is 0 Å². The molecule has 1 nitrogen and oxygen atoms in total. The van der Waals surface area contributed by atoms with Crippen LogP contribution in [0.2, 0.25) is 0 Å². The van der Waals surface area contributed by atoms with Crippen molar-refractivity contribution in [2.24, 2.45) is 7.05 Å². The third-order valence-corrected chi connectivity index (χ3v) is 3.73. The van der Waals surface area contributed by atoms with Crippen molar-refractivity contribution >= 4 is 21.7 Å². The second-order valence-corrected chi connectivity index (χ2v) is 5.02. The molecule has 0 unspecified atom stereocenters. The third kappa shape index (κ3) is 1.39. The number of pyridine rings is 1. The lowest BCUT2D eigenvalue weighted by Crippen LogP contribution is -1.96. The first-order chi connectivity index (χ1) is 8.08. The minimum absolute atomic E-state index is 1.30. The van der Waals surface area contributed by atoms with Gasteiger partial charge in [-0.1, -0.05) is 23.8 Å².